The Morgan fingerprint density at radius 1 is 1.15 bits per heavy atom. The monoisotopic (exact) mass is 386 g/mol. The van der Waals surface area contributed by atoms with Crippen LogP contribution in [0.2, 0.25) is 0 Å². The Kier molecular flexibility index (Phi) is 6.50. The minimum Gasteiger partial charge on any atom is -0.324 e. The van der Waals surface area contributed by atoms with Crippen LogP contribution in [0.4, 0.5) is 10.1 Å². The first kappa shape index (κ1) is 19.4. The SMILES string of the molecule is CCCCC(=O)N1C(C(=O)Nc2ccc(F)cc2)CSC1c1ccccc1. The van der Waals surface area contributed by atoms with Crippen molar-refractivity contribution in [3.05, 3.63) is 66.0 Å². The predicted molar refractivity (Wildman–Crippen MR) is 107 cm³/mol. The zero-order valence-corrected chi connectivity index (χ0v) is 16.0. The smallest absolute Gasteiger partial charge is 0.248 e. The number of rotatable bonds is 6. The van der Waals surface area contributed by atoms with E-state index in [1.165, 1.54) is 24.3 Å². The molecule has 2 aromatic rings. The predicted octanol–water partition coefficient (Wildman–Crippen LogP) is 4.60. The number of thioether (sulfide) groups is 1. The van der Waals surface area contributed by atoms with Gasteiger partial charge in [-0.3, -0.25) is 9.59 Å². The van der Waals surface area contributed by atoms with Crippen LogP contribution in [0.25, 0.3) is 0 Å². The lowest BCUT2D eigenvalue weighted by molar-refractivity contribution is -0.138. The van der Waals surface area contributed by atoms with Crippen LogP contribution in [0.1, 0.15) is 37.1 Å². The lowest BCUT2D eigenvalue weighted by atomic mass is 10.1. The second-order valence-corrected chi connectivity index (χ2v) is 7.63. The van der Waals surface area contributed by atoms with Gasteiger partial charge >= 0.3 is 0 Å². The summed E-state index contributed by atoms with van der Waals surface area (Å²) < 4.78 is 13.1. The Bertz CT molecular complexity index is 783. The largest absolute Gasteiger partial charge is 0.324 e. The van der Waals surface area contributed by atoms with Crippen molar-refractivity contribution in [3.63, 3.8) is 0 Å². The van der Waals surface area contributed by atoms with Crippen molar-refractivity contribution >= 4 is 29.3 Å². The van der Waals surface area contributed by atoms with Gasteiger partial charge in [0, 0.05) is 17.9 Å². The van der Waals surface area contributed by atoms with Crippen molar-refractivity contribution in [2.24, 2.45) is 0 Å². The van der Waals surface area contributed by atoms with E-state index in [1.54, 1.807) is 16.7 Å². The molecule has 1 heterocycles. The number of nitrogens with one attached hydrogen (secondary N) is 1. The summed E-state index contributed by atoms with van der Waals surface area (Å²) in [5.74, 6) is -0.0675. The first-order valence-electron chi connectivity index (χ1n) is 9.14. The van der Waals surface area contributed by atoms with E-state index in [-0.39, 0.29) is 23.0 Å². The van der Waals surface area contributed by atoms with Gasteiger partial charge in [-0.2, -0.15) is 0 Å². The molecular weight excluding hydrogens is 363 g/mol. The second-order valence-electron chi connectivity index (χ2n) is 6.51. The zero-order valence-electron chi connectivity index (χ0n) is 15.2. The molecule has 0 radical (unpaired) electrons. The molecule has 0 spiro atoms. The van der Waals surface area contributed by atoms with Gasteiger partial charge in [-0.1, -0.05) is 43.7 Å². The van der Waals surface area contributed by atoms with Gasteiger partial charge in [0.1, 0.15) is 17.2 Å². The van der Waals surface area contributed by atoms with Crippen molar-refractivity contribution in [2.75, 3.05) is 11.1 Å². The molecule has 1 N–H and O–H groups in total. The van der Waals surface area contributed by atoms with Gasteiger partial charge in [0.05, 0.1) is 0 Å². The fraction of sp³-hybridized carbons (Fsp3) is 0.333. The highest BCUT2D eigenvalue weighted by molar-refractivity contribution is 7.99. The molecule has 0 aromatic heterocycles. The number of hydrogen-bond acceptors (Lipinski definition) is 3. The molecule has 3 rings (SSSR count). The highest BCUT2D eigenvalue weighted by Gasteiger charge is 2.41. The standard InChI is InChI=1S/C21H23FN2O2S/c1-2-3-9-19(25)24-18(14-27-21(24)15-7-5-4-6-8-15)20(26)23-17-12-10-16(22)11-13-17/h4-8,10-13,18,21H,2-3,9,14H2,1H3,(H,23,26). The average molecular weight is 386 g/mol. The topological polar surface area (TPSA) is 49.4 Å². The van der Waals surface area contributed by atoms with E-state index in [0.717, 1.165) is 18.4 Å². The third-order valence-corrected chi connectivity index (χ3v) is 5.85. The zero-order chi connectivity index (χ0) is 19.2. The quantitative estimate of drug-likeness (QED) is 0.789. The molecule has 6 heteroatoms. The highest BCUT2D eigenvalue weighted by atomic mass is 32.2. The molecule has 0 aliphatic carbocycles. The van der Waals surface area contributed by atoms with Crippen LogP contribution >= 0.6 is 11.8 Å². The third-order valence-electron chi connectivity index (χ3n) is 4.53. The molecule has 1 saturated heterocycles. The fourth-order valence-electron chi connectivity index (χ4n) is 3.10. The molecule has 2 atom stereocenters. The minimum atomic E-state index is -0.547. The van der Waals surface area contributed by atoms with Crippen molar-refractivity contribution in [3.8, 4) is 0 Å². The second kappa shape index (κ2) is 9.04. The van der Waals surface area contributed by atoms with Gasteiger partial charge in [-0.05, 0) is 36.2 Å². The third kappa shape index (κ3) is 4.69. The summed E-state index contributed by atoms with van der Waals surface area (Å²) in [4.78, 5) is 27.5. The molecular formula is C21H23FN2O2S. The summed E-state index contributed by atoms with van der Waals surface area (Å²) in [6.07, 6.45) is 2.16. The van der Waals surface area contributed by atoms with E-state index in [1.807, 2.05) is 37.3 Å². The van der Waals surface area contributed by atoms with E-state index in [0.29, 0.717) is 17.9 Å². The summed E-state index contributed by atoms with van der Waals surface area (Å²) in [5.41, 5.74) is 1.54. The van der Waals surface area contributed by atoms with E-state index in [4.69, 9.17) is 0 Å². The van der Waals surface area contributed by atoms with Gasteiger partial charge in [-0.25, -0.2) is 4.39 Å². The van der Waals surface area contributed by atoms with Crippen LogP contribution in [0.15, 0.2) is 54.6 Å². The van der Waals surface area contributed by atoms with Crippen LogP contribution in [0, 0.1) is 5.82 Å². The number of nitrogens with zero attached hydrogens (tertiary/aromatic N) is 1. The Balaban J connectivity index is 1.80. The fourth-order valence-corrected chi connectivity index (χ4v) is 4.55. The van der Waals surface area contributed by atoms with Gasteiger partial charge in [0.25, 0.3) is 0 Å². The van der Waals surface area contributed by atoms with Crippen molar-refractivity contribution in [1.82, 2.24) is 4.90 Å². The van der Waals surface area contributed by atoms with Crippen LogP contribution < -0.4 is 5.32 Å². The van der Waals surface area contributed by atoms with Crippen molar-refractivity contribution < 1.29 is 14.0 Å². The number of amides is 2. The maximum absolute atomic E-state index is 13.1. The van der Waals surface area contributed by atoms with E-state index >= 15 is 0 Å². The number of halogens is 1. The maximum Gasteiger partial charge on any atom is 0.248 e. The van der Waals surface area contributed by atoms with Crippen LogP contribution in [0.3, 0.4) is 0 Å². The Morgan fingerprint density at radius 2 is 1.85 bits per heavy atom. The minimum absolute atomic E-state index is 0.00467. The highest BCUT2D eigenvalue weighted by Crippen LogP contribution is 2.42. The van der Waals surface area contributed by atoms with E-state index < -0.39 is 6.04 Å². The normalized spacial score (nSPS) is 19.1. The van der Waals surface area contributed by atoms with Crippen LogP contribution in [-0.4, -0.2) is 28.5 Å². The van der Waals surface area contributed by atoms with Crippen LogP contribution in [0.5, 0.6) is 0 Å². The van der Waals surface area contributed by atoms with Gasteiger partial charge < -0.3 is 10.2 Å². The summed E-state index contributed by atoms with van der Waals surface area (Å²) in [5, 5.41) is 2.64. The molecule has 1 aliphatic heterocycles. The first-order valence-corrected chi connectivity index (χ1v) is 10.2. The molecule has 1 aliphatic rings. The Hall–Kier alpha value is -2.34. The number of carbonyl (C=O) groups is 2. The summed E-state index contributed by atoms with van der Waals surface area (Å²) in [6, 6.07) is 14.9. The lowest BCUT2D eigenvalue weighted by Crippen LogP contribution is -2.45. The van der Waals surface area contributed by atoms with Crippen molar-refractivity contribution in [1.29, 1.82) is 0 Å². The van der Waals surface area contributed by atoms with E-state index in [9.17, 15) is 14.0 Å². The molecule has 0 saturated carbocycles. The number of benzene rings is 2. The molecule has 4 nitrogen and oxygen atoms in total. The van der Waals surface area contributed by atoms with Gasteiger partial charge in [0.15, 0.2) is 0 Å². The summed E-state index contributed by atoms with van der Waals surface area (Å²) >= 11 is 1.60. The lowest BCUT2D eigenvalue weighted by Gasteiger charge is -2.29. The number of hydrogen-bond donors (Lipinski definition) is 1. The molecule has 2 aromatic carbocycles. The Morgan fingerprint density at radius 3 is 2.52 bits per heavy atom. The summed E-state index contributed by atoms with van der Waals surface area (Å²) in [6.45, 7) is 2.04. The number of anilines is 1. The number of unbranched alkanes of at least 4 members (excludes halogenated alkanes) is 1. The maximum atomic E-state index is 13.1. The molecule has 0 bridgehead atoms. The van der Waals surface area contributed by atoms with Gasteiger partial charge in [-0.15, -0.1) is 11.8 Å². The van der Waals surface area contributed by atoms with E-state index in [2.05, 4.69) is 5.32 Å². The van der Waals surface area contributed by atoms with Gasteiger partial charge in [0.2, 0.25) is 11.8 Å². The average Bonchev–Trinajstić information content (AvgIpc) is 3.14. The molecule has 2 amide bonds. The van der Waals surface area contributed by atoms with Crippen LogP contribution in [-0.2, 0) is 9.59 Å². The molecule has 2 unspecified atom stereocenters. The first-order chi connectivity index (χ1) is 13.1. The van der Waals surface area contributed by atoms with Crippen molar-refractivity contribution in [2.45, 2.75) is 37.6 Å². The summed E-state index contributed by atoms with van der Waals surface area (Å²) in [7, 11) is 0. The molecule has 27 heavy (non-hydrogen) atoms. The molecule has 1 fully saturated rings. The molecule has 142 valence electrons. The number of carbonyl (C=O) groups excluding carboxylic acids is 2. The Labute approximate surface area is 163 Å².